The number of halogens is 1. The topological polar surface area (TPSA) is 86.1 Å². The minimum atomic E-state index is -0.437. The van der Waals surface area contributed by atoms with Crippen molar-refractivity contribution in [2.45, 2.75) is 57.5 Å². The number of esters is 1. The number of carbonyl (C=O) groups excluding carboxylic acids is 2. The highest BCUT2D eigenvalue weighted by Gasteiger charge is 2.22. The third-order valence-corrected chi connectivity index (χ3v) is 6.53. The number of amides is 1. The van der Waals surface area contributed by atoms with Crippen molar-refractivity contribution in [1.82, 2.24) is 20.1 Å². The maximum Gasteiger partial charge on any atom is 0.306 e. The van der Waals surface area contributed by atoms with Gasteiger partial charge in [0, 0.05) is 17.2 Å². The number of nitrogens with one attached hydrogen (secondary N) is 1. The molecule has 1 heterocycles. The number of hydrogen-bond acceptors (Lipinski definition) is 6. The quantitative estimate of drug-likeness (QED) is 0.298. The molecule has 7 nitrogen and oxygen atoms in total. The molecule has 2 aromatic carbocycles. The summed E-state index contributed by atoms with van der Waals surface area (Å²) >= 11 is 7.89. The van der Waals surface area contributed by atoms with Crippen molar-refractivity contribution in [2.24, 2.45) is 0 Å². The van der Waals surface area contributed by atoms with Crippen LogP contribution in [0.1, 0.15) is 55.2 Å². The minimum absolute atomic E-state index is 0.0318. The maximum atomic E-state index is 12.5. The van der Waals surface area contributed by atoms with Gasteiger partial charge in [0.1, 0.15) is 0 Å². The third-order valence-electron chi connectivity index (χ3n) is 5.31. The lowest BCUT2D eigenvalue weighted by molar-refractivity contribution is -0.144. The van der Waals surface area contributed by atoms with Crippen LogP contribution in [0.4, 0.5) is 0 Å². The summed E-state index contributed by atoms with van der Waals surface area (Å²) in [4.78, 5) is 24.0. The molecule has 0 aliphatic carbocycles. The molecular formula is C25H29ClN4O3S. The molecule has 3 rings (SSSR count). The van der Waals surface area contributed by atoms with E-state index in [4.69, 9.17) is 16.3 Å². The number of nitrogens with zero attached hydrogens (tertiary/aromatic N) is 3. The second-order valence-electron chi connectivity index (χ2n) is 7.92. The second-order valence-corrected chi connectivity index (χ2v) is 9.30. The van der Waals surface area contributed by atoms with E-state index < -0.39 is 12.0 Å². The smallest absolute Gasteiger partial charge is 0.306 e. The number of carbonyl (C=O) groups is 2. The number of rotatable bonds is 10. The molecule has 3 aromatic rings. The Morgan fingerprint density at radius 2 is 1.88 bits per heavy atom. The van der Waals surface area contributed by atoms with Gasteiger partial charge in [0.2, 0.25) is 5.91 Å². The first kappa shape index (κ1) is 25.8. The van der Waals surface area contributed by atoms with Crippen LogP contribution in [0.15, 0.2) is 47.6 Å². The van der Waals surface area contributed by atoms with Gasteiger partial charge in [-0.25, -0.2) is 0 Å². The van der Waals surface area contributed by atoms with E-state index >= 15 is 0 Å². The van der Waals surface area contributed by atoms with Crippen molar-refractivity contribution < 1.29 is 14.3 Å². The van der Waals surface area contributed by atoms with Crippen LogP contribution in [0.5, 0.6) is 0 Å². The Labute approximate surface area is 209 Å². The largest absolute Gasteiger partial charge is 0.466 e. The highest BCUT2D eigenvalue weighted by atomic mass is 35.5. The summed E-state index contributed by atoms with van der Waals surface area (Å²) in [5, 5.41) is 13.1. The van der Waals surface area contributed by atoms with Gasteiger partial charge in [-0.2, -0.15) is 0 Å². The normalized spacial score (nSPS) is 11.8. The van der Waals surface area contributed by atoms with Crippen LogP contribution < -0.4 is 5.32 Å². The van der Waals surface area contributed by atoms with Crippen LogP contribution in [0.3, 0.4) is 0 Å². The average Bonchev–Trinajstić information content (AvgIpc) is 3.23. The zero-order chi connectivity index (χ0) is 24.7. The van der Waals surface area contributed by atoms with Gasteiger partial charge in [-0.3, -0.25) is 14.2 Å². The Morgan fingerprint density at radius 1 is 1.12 bits per heavy atom. The molecule has 0 fully saturated rings. The molecule has 1 unspecified atom stereocenters. The number of aromatic nitrogens is 3. The van der Waals surface area contributed by atoms with Crippen LogP contribution in [-0.2, 0) is 20.1 Å². The Balaban J connectivity index is 1.86. The van der Waals surface area contributed by atoms with Gasteiger partial charge in [-0.05, 0) is 56.5 Å². The number of benzene rings is 2. The van der Waals surface area contributed by atoms with Gasteiger partial charge >= 0.3 is 5.97 Å². The summed E-state index contributed by atoms with van der Waals surface area (Å²) in [7, 11) is 0. The molecule has 1 amide bonds. The Kier molecular flexibility index (Phi) is 9.12. The molecule has 1 atom stereocenters. The Hall–Kier alpha value is -2.84. The number of hydrogen-bond donors (Lipinski definition) is 1. The van der Waals surface area contributed by atoms with Crippen molar-refractivity contribution in [2.75, 3.05) is 6.61 Å². The van der Waals surface area contributed by atoms with E-state index in [1.165, 1.54) is 11.1 Å². The van der Waals surface area contributed by atoms with Crippen molar-refractivity contribution in [3.05, 3.63) is 70.0 Å². The predicted octanol–water partition coefficient (Wildman–Crippen LogP) is 5.35. The number of thioether (sulfide) groups is 1. The van der Waals surface area contributed by atoms with Gasteiger partial charge < -0.3 is 10.1 Å². The monoisotopic (exact) mass is 500 g/mol. The van der Waals surface area contributed by atoms with E-state index in [-0.39, 0.29) is 18.7 Å². The third kappa shape index (κ3) is 6.61. The Bertz CT molecular complexity index is 1160. The number of aryl methyl sites for hydroxylation is 2. The van der Waals surface area contributed by atoms with E-state index in [2.05, 4.69) is 34.6 Å². The van der Waals surface area contributed by atoms with E-state index in [1.807, 2.05) is 48.7 Å². The van der Waals surface area contributed by atoms with Crippen LogP contribution in [-0.4, -0.2) is 33.2 Å². The first-order chi connectivity index (χ1) is 16.3. The molecule has 0 aliphatic rings. The molecule has 0 radical (unpaired) electrons. The molecule has 0 saturated heterocycles. The molecule has 34 heavy (non-hydrogen) atoms. The van der Waals surface area contributed by atoms with Crippen LogP contribution in [0.25, 0.3) is 5.69 Å². The van der Waals surface area contributed by atoms with Crippen LogP contribution in [0.2, 0.25) is 5.02 Å². The molecule has 9 heteroatoms. The second kappa shape index (κ2) is 12.0. The average molecular weight is 501 g/mol. The standard InChI is InChI=1S/C25H29ClN4O3S/c1-5-33-23(32)13-12-22(31)27-18(4)24-28-29-25(34-15-19-9-7-6-8-16(19)2)30(24)21-14-20(26)11-10-17(21)3/h6-11,14,18H,5,12-13,15H2,1-4H3,(H,27,31). The highest BCUT2D eigenvalue weighted by Crippen LogP contribution is 2.31. The highest BCUT2D eigenvalue weighted by molar-refractivity contribution is 7.98. The Morgan fingerprint density at radius 3 is 2.62 bits per heavy atom. The summed E-state index contributed by atoms with van der Waals surface area (Å²) < 4.78 is 6.84. The molecule has 0 spiro atoms. The number of ether oxygens (including phenoxy) is 1. The molecule has 1 aromatic heterocycles. The van der Waals surface area contributed by atoms with E-state index in [1.54, 1.807) is 18.7 Å². The van der Waals surface area contributed by atoms with Gasteiger partial charge in [0.15, 0.2) is 11.0 Å². The summed E-state index contributed by atoms with van der Waals surface area (Å²) in [5.74, 6) is 0.664. The van der Waals surface area contributed by atoms with Crippen molar-refractivity contribution in [3.63, 3.8) is 0 Å². The van der Waals surface area contributed by atoms with E-state index in [0.717, 1.165) is 17.0 Å². The maximum absolute atomic E-state index is 12.5. The first-order valence-corrected chi connectivity index (χ1v) is 12.5. The summed E-state index contributed by atoms with van der Waals surface area (Å²) in [6, 6.07) is 13.4. The van der Waals surface area contributed by atoms with Gasteiger partial charge in [-0.15, -0.1) is 10.2 Å². The molecule has 0 saturated carbocycles. The molecular weight excluding hydrogens is 472 g/mol. The summed E-state index contributed by atoms with van der Waals surface area (Å²) in [6.07, 6.45) is 0.0758. The van der Waals surface area contributed by atoms with E-state index in [9.17, 15) is 9.59 Å². The fourth-order valence-electron chi connectivity index (χ4n) is 3.45. The molecule has 0 aliphatic heterocycles. The summed E-state index contributed by atoms with van der Waals surface area (Å²) in [5.41, 5.74) is 4.28. The van der Waals surface area contributed by atoms with Crippen LogP contribution in [0, 0.1) is 13.8 Å². The molecule has 1 N–H and O–H groups in total. The van der Waals surface area contributed by atoms with Crippen LogP contribution >= 0.6 is 23.4 Å². The fraction of sp³-hybridized carbons (Fsp3) is 0.360. The fourth-order valence-corrected chi connectivity index (χ4v) is 4.64. The molecule has 0 bridgehead atoms. The lowest BCUT2D eigenvalue weighted by atomic mass is 10.1. The van der Waals surface area contributed by atoms with E-state index in [0.29, 0.717) is 22.6 Å². The zero-order valence-corrected chi connectivity index (χ0v) is 21.4. The summed E-state index contributed by atoms with van der Waals surface area (Å²) in [6.45, 7) is 7.95. The molecule has 180 valence electrons. The zero-order valence-electron chi connectivity index (χ0n) is 19.8. The minimum Gasteiger partial charge on any atom is -0.466 e. The van der Waals surface area contributed by atoms with Gasteiger partial charge in [0.05, 0.1) is 24.8 Å². The first-order valence-electron chi connectivity index (χ1n) is 11.1. The van der Waals surface area contributed by atoms with Crippen molar-refractivity contribution >= 4 is 35.2 Å². The SMILES string of the molecule is CCOC(=O)CCC(=O)NC(C)c1nnc(SCc2ccccc2C)n1-c1cc(Cl)ccc1C. The van der Waals surface area contributed by atoms with Crippen molar-refractivity contribution in [3.8, 4) is 5.69 Å². The van der Waals surface area contributed by atoms with Gasteiger partial charge in [0.25, 0.3) is 0 Å². The lowest BCUT2D eigenvalue weighted by Gasteiger charge is -2.18. The predicted molar refractivity (Wildman–Crippen MR) is 134 cm³/mol. The lowest BCUT2D eigenvalue weighted by Crippen LogP contribution is -2.29. The van der Waals surface area contributed by atoms with Crippen molar-refractivity contribution in [1.29, 1.82) is 0 Å². The van der Waals surface area contributed by atoms with Gasteiger partial charge in [-0.1, -0.05) is 53.7 Å².